The molecule has 1 aromatic heterocycles. The molecule has 0 fully saturated rings. The summed E-state index contributed by atoms with van der Waals surface area (Å²) >= 11 is 0. The second-order valence-corrected chi connectivity index (χ2v) is 5.98. The van der Waals surface area contributed by atoms with Crippen molar-refractivity contribution in [2.75, 3.05) is 18.1 Å². The van der Waals surface area contributed by atoms with Gasteiger partial charge in [-0.2, -0.15) is 9.97 Å². The van der Waals surface area contributed by atoms with Crippen LogP contribution in [0.2, 0.25) is 0 Å². The van der Waals surface area contributed by atoms with Crippen molar-refractivity contribution in [2.24, 2.45) is 10.9 Å². The lowest BCUT2D eigenvalue weighted by Crippen LogP contribution is -2.34. The summed E-state index contributed by atoms with van der Waals surface area (Å²) in [6, 6.07) is 6.15. The van der Waals surface area contributed by atoms with E-state index in [9.17, 15) is 14.9 Å². The number of nitro groups is 1. The number of fused-ring (bicyclic) bond motifs is 1. The molecule has 0 saturated heterocycles. The summed E-state index contributed by atoms with van der Waals surface area (Å²) in [7, 11) is 0. The largest absolute Gasteiger partial charge is 0.465 e. The number of nitrogens with two attached hydrogens (primary N) is 2. The molecule has 10 heteroatoms. The zero-order valence-electron chi connectivity index (χ0n) is 14.7. The van der Waals surface area contributed by atoms with Gasteiger partial charge in [0, 0.05) is 28.8 Å². The standard InChI is InChI=1S/C17H18N6O4/c1-3-27-16(24)11-8(2)20-15-13(14(18)21-17(19)22-15)12(11)9-6-4-5-7-10(9)23(25)26/h4-7,11-12H,3H2,1-2H3,(H4,18,19,21,22). The summed E-state index contributed by atoms with van der Waals surface area (Å²) in [6.07, 6.45) is 0. The number of ether oxygens (including phenoxy) is 1. The second-order valence-electron chi connectivity index (χ2n) is 5.98. The number of para-hydroxylation sites is 1. The van der Waals surface area contributed by atoms with Crippen LogP contribution in [0.1, 0.15) is 30.9 Å². The van der Waals surface area contributed by atoms with Crippen LogP contribution in [0.4, 0.5) is 23.3 Å². The molecule has 2 atom stereocenters. The summed E-state index contributed by atoms with van der Waals surface area (Å²) in [5.41, 5.74) is 12.6. The number of rotatable bonds is 4. The van der Waals surface area contributed by atoms with E-state index in [1.807, 2.05) is 0 Å². The van der Waals surface area contributed by atoms with Crippen LogP contribution in [-0.2, 0) is 9.53 Å². The van der Waals surface area contributed by atoms with Crippen LogP contribution in [0, 0.1) is 16.0 Å². The van der Waals surface area contributed by atoms with Crippen molar-refractivity contribution in [3.63, 3.8) is 0 Å². The molecule has 2 unspecified atom stereocenters. The number of hydrogen-bond acceptors (Lipinski definition) is 9. The van der Waals surface area contributed by atoms with Crippen LogP contribution < -0.4 is 11.5 Å². The van der Waals surface area contributed by atoms with Crippen molar-refractivity contribution in [3.05, 3.63) is 45.5 Å². The number of anilines is 2. The number of nitro benzene ring substituents is 1. The van der Waals surface area contributed by atoms with E-state index in [1.54, 1.807) is 32.0 Å². The van der Waals surface area contributed by atoms with Crippen molar-refractivity contribution in [2.45, 2.75) is 19.8 Å². The molecule has 27 heavy (non-hydrogen) atoms. The summed E-state index contributed by atoms with van der Waals surface area (Å²) in [5.74, 6) is -2.12. The Hall–Kier alpha value is -3.56. The van der Waals surface area contributed by atoms with Gasteiger partial charge in [-0.3, -0.25) is 14.9 Å². The molecule has 10 nitrogen and oxygen atoms in total. The van der Waals surface area contributed by atoms with Gasteiger partial charge in [0.15, 0.2) is 5.82 Å². The maximum Gasteiger partial charge on any atom is 0.315 e. The maximum absolute atomic E-state index is 12.7. The number of esters is 1. The normalized spacial score (nSPS) is 18.4. The van der Waals surface area contributed by atoms with Gasteiger partial charge in [-0.1, -0.05) is 18.2 Å². The lowest BCUT2D eigenvalue weighted by molar-refractivity contribution is -0.385. The summed E-state index contributed by atoms with van der Waals surface area (Å²) in [5, 5.41) is 11.6. The van der Waals surface area contributed by atoms with E-state index in [1.165, 1.54) is 6.07 Å². The van der Waals surface area contributed by atoms with Gasteiger partial charge in [0.2, 0.25) is 5.95 Å². The number of nitrogen functional groups attached to an aromatic ring is 2. The third-order valence-corrected chi connectivity index (χ3v) is 4.36. The quantitative estimate of drug-likeness (QED) is 0.469. The molecule has 4 N–H and O–H groups in total. The summed E-state index contributed by atoms with van der Waals surface area (Å²) < 4.78 is 5.19. The fraction of sp³-hybridized carbons (Fsp3) is 0.294. The van der Waals surface area contributed by atoms with Crippen molar-refractivity contribution in [3.8, 4) is 0 Å². The molecule has 1 aromatic carbocycles. The molecule has 2 heterocycles. The average Bonchev–Trinajstić information content (AvgIpc) is 2.60. The molecule has 0 aliphatic carbocycles. The van der Waals surface area contributed by atoms with Crippen LogP contribution in [0.15, 0.2) is 29.3 Å². The highest BCUT2D eigenvalue weighted by molar-refractivity contribution is 6.05. The predicted octanol–water partition coefficient (Wildman–Crippen LogP) is 1.97. The molecular formula is C17H18N6O4. The minimum atomic E-state index is -0.895. The Balaban J connectivity index is 2.31. The van der Waals surface area contributed by atoms with Crippen LogP contribution in [-0.4, -0.2) is 33.2 Å². The highest BCUT2D eigenvalue weighted by Gasteiger charge is 2.43. The van der Waals surface area contributed by atoms with Crippen molar-refractivity contribution in [1.82, 2.24) is 9.97 Å². The minimum absolute atomic E-state index is 0.0196. The number of nitrogens with zero attached hydrogens (tertiary/aromatic N) is 4. The van der Waals surface area contributed by atoms with Crippen molar-refractivity contribution < 1.29 is 14.5 Å². The molecular weight excluding hydrogens is 352 g/mol. The first-order valence-electron chi connectivity index (χ1n) is 8.23. The lowest BCUT2D eigenvalue weighted by atomic mass is 9.76. The number of carbonyl (C=O) groups is 1. The molecule has 0 spiro atoms. The fourth-order valence-electron chi connectivity index (χ4n) is 3.31. The van der Waals surface area contributed by atoms with Crippen LogP contribution in [0.3, 0.4) is 0 Å². The number of hydrogen-bond donors (Lipinski definition) is 2. The van der Waals surface area contributed by atoms with Crippen LogP contribution in [0.25, 0.3) is 0 Å². The molecule has 0 bridgehead atoms. The summed E-state index contributed by atoms with van der Waals surface area (Å²) in [6.45, 7) is 3.48. The van der Waals surface area contributed by atoms with Gasteiger partial charge in [-0.25, -0.2) is 4.99 Å². The highest BCUT2D eigenvalue weighted by Crippen LogP contribution is 2.46. The van der Waals surface area contributed by atoms with E-state index in [2.05, 4.69) is 15.0 Å². The third kappa shape index (κ3) is 3.16. The number of benzene rings is 1. The van der Waals surface area contributed by atoms with Crippen molar-refractivity contribution >= 4 is 35.0 Å². The Morgan fingerprint density at radius 1 is 1.30 bits per heavy atom. The van der Waals surface area contributed by atoms with Gasteiger partial charge in [-0.05, 0) is 13.8 Å². The van der Waals surface area contributed by atoms with E-state index < -0.39 is 22.7 Å². The summed E-state index contributed by atoms with van der Waals surface area (Å²) in [4.78, 5) is 36.1. The first kappa shape index (κ1) is 18.2. The smallest absolute Gasteiger partial charge is 0.315 e. The Morgan fingerprint density at radius 3 is 2.67 bits per heavy atom. The Kier molecular flexibility index (Phi) is 4.72. The molecule has 0 radical (unpaired) electrons. The Morgan fingerprint density at radius 2 is 2.00 bits per heavy atom. The Bertz CT molecular complexity index is 958. The monoisotopic (exact) mass is 370 g/mol. The predicted molar refractivity (Wildman–Crippen MR) is 98.7 cm³/mol. The third-order valence-electron chi connectivity index (χ3n) is 4.36. The number of carbonyl (C=O) groups excluding carboxylic acids is 1. The van der Waals surface area contributed by atoms with Gasteiger partial charge in [0.1, 0.15) is 11.7 Å². The van der Waals surface area contributed by atoms with Gasteiger partial charge in [-0.15, -0.1) is 0 Å². The average molecular weight is 370 g/mol. The van der Waals surface area contributed by atoms with Crippen molar-refractivity contribution in [1.29, 1.82) is 0 Å². The van der Waals surface area contributed by atoms with E-state index in [-0.39, 0.29) is 29.9 Å². The van der Waals surface area contributed by atoms with Gasteiger partial charge in [0.05, 0.1) is 11.5 Å². The van der Waals surface area contributed by atoms with E-state index in [0.717, 1.165) is 0 Å². The van der Waals surface area contributed by atoms with E-state index in [0.29, 0.717) is 16.8 Å². The molecule has 3 rings (SSSR count). The fourth-order valence-corrected chi connectivity index (χ4v) is 3.31. The zero-order valence-corrected chi connectivity index (χ0v) is 14.7. The highest BCUT2D eigenvalue weighted by atomic mass is 16.6. The van der Waals surface area contributed by atoms with E-state index >= 15 is 0 Å². The van der Waals surface area contributed by atoms with Crippen LogP contribution >= 0.6 is 0 Å². The SMILES string of the molecule is CCOC(=O)C1C(C)=Nc2nc(N)nc(N)c2C1c1ccccc1[N+](=O)[O-]. The topological polar surface area (TPSA) is 160 Å². The molecule has 1 aliphatic rings. The number of aliphatic imine (C=N–C) groups is 1. The second kappa shape index (κ2) is 6.98. The lowest BCUT2D eigenvalue weighted by Gasteiger charge is -2.30. The van der Waals surface area contributed by atoms with Gasteiger partial charge >= 0.3 is 5.97 Å². The molecule has 1 aliphatic heterocycles. The molecule has 0 saturated carbocycles. The van der Waals surface area contributed by atoms with Gasteiger partial charge in [0.25, 0.3) is 5.69 Å². The zero-order chi connectivity index (χ0) is 19.7. The van der Waals surface area contributed by atoms with Crippen LogP contribution in [0.5, 0.6) is 0 Å². The molecule has 2 aromatic rings. The Labute approximate surface area is 154 Å². The van der Waals surface area contributed by atoms with Gasteiger partial charge < -0.3 is 16.2 Å². The minimum Gasteiger partial charge on any atom is -0.465 e. The first-order valence-corrected chi connectivity index (χ1v) is 8.23. The molecule has 0 amide bonds. The maximum atomic E-state index is 12.7. The number of aromatic nitrogens is 2. The molecule has 140 valence electrons. The first-order chi connectivity index (χ1) is 12.8. The van der Waals surface area contributed by atoms with E-state index in [4.69, 9.17) is 16.2 Å².